The molecule has 1 aromatic heterocycles. The number of fused-ring (bicyclic) bond motifs is 6. The summed E-state index contributed by atoms with van der Waals surface area (Å²) < 4.78 is 0. The van der Waals surface area contributed by atoms with Crippen LogP contribution >= 0.6 is 0 Å². The van der Waals surface area contributed by atoms with E-state index in [1.54, 1.807) is 0 Å². The smallest absolute Gasteiger partial charge is 0.226 e. The van der Waals surface area contributed by atoms with Crippen molar-refractivity contribution in [3.63, 3.8) is 0 Å². The molecule has 1 amide bonds. The molecule has 0 bridgehead atoms. The number of likely N-dealkylation sites (tertiary alicyclic amines) is 1. The van der Waals surface area contributed by atoms with Gasteiger partial charge in [0.25, 0.3) is 0 Å². The number of imidazole rings is 1. The predicted octanol–water partition coefficient (Wildman–Crippen LogP) is 5.54. The second kappa shape index (κ2) is 6.09. The summed E-state index contributed by atoms with van der Waals surface area (Å²) in [5.74, 6) is 3.39. The molecule has 1 N–H and O–H groups in total. The zero-order valence-corrected chi connectivity index (χ0v) is 18.2. The van der Waals surface area contributed by atoms with Crippen LogP contribution in [0.3, 0.4) is 0 Å². The second-order valence-corrected chi connectivity index (χ2v) is 10.5. The molecule has 3 aliphatic carbocycles. The normalized spacial score (nSPS) is 38.0. The fourth-order valence-corrected chi connectivity index (χ4v) is 7.60. The van der Waals surface area contributed by atoms with Crippen LogP contribution in [0.4, 0.5) is 0 Å². The van der Waals surface area contributed by atoms with Gasteiger partial charge in [-0.05, 0) is 73.0 Å². The quantitative estimate of drug-likeness (QED) is 0.681. The zero-order valence-electron chi connectivity index (χ0n) is 18.2. The van der Waals surface area contributed by atoms with Crippen molar-refractivity contribution in [3.05, 3.63) is 47.9 Å². The molecule has 2 aromatic rings. The minimum absolute atomic E-state index is 0.148. The molecule has 30 heavy (non-hydrogen) atoms. The Morgan fingerprint density at radius 3 is 2.73 bits per heavy atom. The summed E-state index contributed by atoms with van der Waals surface area (Å²) in [4.78, 5) is 22.8. The number of benzene rings is 1. The Labute approximate surface area is 178 Å². The van der Waals surface area contributed by atoms with Crippen molar-refractivity contribution in [1.82, 2.24) is 14.9 Å². The van der Waals surface area contributed by atoms with Gasteiger partial charge in [-0.15, -0.1) is 0 Å². The molecule has 1 aromatic carbocycles. The van der Waals surface area contributed by atoms with E-state index >= 15 is 0 Å². The van der Waals surface area contributed by atoms with Crippen molar-refractivity contribution in [2.24, 2.45) is 28.6 Å². The van der Waals surface area contributed by atoms with E-state index in [2.05, 4.69) is 55.2 Å². The Kier molecular flexibility index (Phi) is 3.74. The van der Waals surface area contributed by atoms with Gasteiger partial charge in [0, 0.05) is 24.6 Å². The molecule has 5 atom stereocenters. The maximum Gasteiger partial charge on any atom is 0.226 e. The van der Waals surface area contributed by atoms with Gasteiger partial charge in [-0.3, -0.25) is 4.79 Å². The van der Waals surface area contributed by atoms with E-state index in [9.17, 15) is 4.79 Å². The summed E-state index contributed by atoms with van der Waals surface area (Å²) in [7, 11) is 1.98. The third-order valence-electron chi connectivity index (χ3n) is 9.24. The lowest BCUT2D eigenvalue weighted by molar-refractivity contribution is -0.135. The van der Waals surface area contributed by atoms with Gasteiger partial charge < -0.3 is 9.88 Å². The third kappa shape index (κ3) is 2.28. The summed E-state index contributed by atoms with van der Waals surface area (Å²) in [5, 5.41) is 0. The number of piperidine rings is 1. The largest absolute Gasteiger partial charge is 0.338 e. The molecule has 156 valence electrons. The average Bonchev–Trinajstić information content (AvgIpc) is 3.31. The molecule has 1 saturated carbocycles. The van der Waals surface area contributed by atoms with Crippen LogP contribution in [0.15, 0.2) is 42.1 Å². The van der Waals surface area contributed by atoms with Crippen LogP contribution in [0, 0.1) is 28.6 Å². The first-order valence-electron chi connectivity index (χ1n) is 11.5. The van der Waals surface area contributed by atoms with Gasteiger partial charge in [0.2, 0.25) is 5.91 Å². The highest BCUT2D eigenvalue weighted by Gasteiger charge is 2.58. The Balaban J connectivity index is 1.35. The van der Waals surface area contributed by atoms with Crippen LogP contribution in [0.25, 0.3) is 16.6 Å². The number of hydrogen-bond donors (Lipinski definition) is 1. The van der Waals surface area contributed by atoms with Crippen LogP contribution in [0.2, 0.25) is 0 Å². The number of amides is 1. The number of aromatic amines is 1. The number of nitrogens with one attached hydrogen (secondary N) is 1. The van der Waals surface area contributed by atoms with Crippen molar-refractivity contribution < 1.29 is 4.79 Å². The van der Waals surface area contributed by atoms with E-state index < -0.39 is 0 Å². The molecular formula is C26H31N3O. The van der Waals surface area contributed by atoms with Crippen molar-refractivity contribution in [1.29, 1.82) is 0 Å². The standard InChI is InChI=1S/C26H31N3O/c1-25-14-12-18-16(8-11-22-26(18,2)15-13-23(30)29(22)3)17(25)9-10-19(25)24-27-20-6-4-5-7-21(20)28-24/h4-7,10-11,16-18H,8-9,12-15H2,1-3H3,(H,27,28)/t16-,17-,18-,25-,26+/m0/s1. The number of allylic oxidation sites excluding steroid dienone is 4. The Hall–Kier alpha value is -2.36. The van der Waals surface area contributed by atoms with E-state index in [1.807, 2.05) is 11.9 Å². The number of para-hydroxylation sites is 2. The molecule has 4 heteroatoms. The van der Waals surface area contributed by atoms with Crippen LogP contribution in [-0.4, -0.2) is 27.8 Å². The fourth-order valence-electron chi connectivity index (χ4n) is 7.60. The molecule has 1 saturated heterocycles. The van der Waals surface area contributed by atoms with E-state index in [0.717, 1.165) is 36.1 Å². The first-order chi connectivity index (χ1) is 14.4. The molecule has 2 fully saturated rings. The minimum Gasteiger partial charge on any atom is -0.338 e. The molecular weight excluding hydrogens is 370 g/mol. The topological polar surface area (TPSA) is 49.0 Å². The number of nitrogens with zero attached hydrogens (tertiary/aromatic N) is 2. The lowest BCUT2D eigenvalue weighted by Crippen LogP contribution is -2.53. The Morgan fingerprint density at radius 1 is 1.07 bits per heavy atom. The van der Waals surface area contributed by atoms with Crippen molar-refractivity contribution in [2.45, 2.75) is 52.4 Å². The molecule has 0 unspecified atom stereocenters. The first kappa shape index (κ1) is 18.4. The van der Waals surface area contributed by atoms with E-state index in [1.165, 1.54) is 24.1 Å². The lowest BCUT2D eigenvalue weighted by atomic mass is 9.49. The lowest BCUT2D eigenvalue weighted by Gasteiger charge is -2.58. The van der Waals surface area contributed by atoms with Crippen molar-refractivity contribution >= 4 is 22.5 Å². The maximum absolute atomic E-state index is 12.3. The number of aromatic nitrogens is 2. The van der Waals surface area contributed by atoms with Gasteiger partial charge in [-0.1, -0.05) is 38.1 Å². The highest BCUT2D eigenvalue weighted by Crippen LogP contribution is 2.65. The van der Waals surface area contributed by atoms with Gasteiger partial charge in [-0.2, -0.15) is 0 Å². The number of rotatable bonds is 1. The monoisotopic (exact) mass is 401 g/mol. The molecule has 2 heterocycles. The number of carbonyl (C=O) groups excluding carboxylic acids is 1. The predicted molar refractivity (Wildman–Crippen MR) is 119 cm³/mol. The molecule has 4 aliphatic rings. The molecule has 0 radical (unpaired) electrons. The minimum atomic E-state index is 0.148. The molecule has 4 nitrogen and oxygen atoms in total. The molecule has 6 rings (SSSR count). The summed E-state index contributed by atoms with van der Waals surface area (Å²) in [6.07, 6.45) is 11.3. The van der Waals surface area contributed by atoms with Gasteiger partial charge in [0.15, 0.2) is 0 Å². The van der Waals surface area contributed by atoms with Crippen LogP contribution < -0.4 is 0 Å². The third-order valence-corrected chi connectivity index (χ3v) is 9.24. The Morgan fingerprint density at radius 2 is 1.90 bits per heavy atom. The van der Waals surface area contributed by atoms with Crippen molar-refractivity contribution in [2.75, 3.05) is 7.05 Å². The first-order valence-corrected chi connectivity index (χ1v) is 11.5. The van der Waals surface area contributed by atoms with E-state index in [-0.39, 0.29) is 16.7 Å². The highest BCUT2D eigenvalue weighted by atomic mass is 16.2. The number of carbonyl (C=O) groups is 1. The number of H-pyrrole nitrogens is 1. The van der Waals surface area contributed by atoms with Gasteiger partial charge in [0.1, 0.15) is 5.82 Å². The van der Waals surface area contributed by atoms with E-state index in [4.69, 9.17) is 4.98 Å². The second-order valence-electron chi connectivity index (χ2n) is 10.5. The van der Waals surface area contributed by atoms with Crippen LogP contribution in [-0.2, 0) is 4.79 Å². The fraction of sp³-hybridized carbons (Fsp3) is 0.538. The van der Waals surface area contributed by atoms with Crippen LogP contribution in [0.5, 0.6) is 0 Å². The highest BCUT2D eigenvalue weighted by molar-refractivity contribution is 5.81. The average molecular weight is 402 g/mol. The molecule has 0 spiro atoms. The summed E-state index contributed by atoms with van der Waals surface area (Å²) in [6.45, 7) is 4.92. The van der Waals surface area contributed by atoms with Gasteiger partial charge in [-0.25, -0.2) is 4.98 Å². The summed E-state index contributed by atoms with van der Waals surface area (Å²) in [5.41, 5.74) is 5.25. The Bertz CT molecular complexity index is 1080. The van der Waals surface area contributed by atoms with Gasteiger partial charge >= 0.3 is 0 Å². The van der Waals surface area contributed by atoms with Crippen LogP contribution in [0.1, 0.15) is 58.2 Å². The maximum atomic E-state index is 12.3. The molecule has 1 aliphatic heterocycles. The zero-order chi connectivity index (χ0) is 20.7. The van der Waals surface area contributed by atoms with Crippen molar-refractivity contribution in [3.8, 4) is 0 Å². The SMILES string of the molecule is CN1C(=O)CC[C@@]2(C)C1=CC[C@@H]1[C@@H]2CC[C@]2(C)C(c3nc4ccccc4[nH]3)=CC[C@@H]12. The summed E-state index contributed by atoms with van der Waals surface area (Å²) >= 11 is 0. The summed E-state index contributed by atoms with van der Waals surface area (Å²) in [6, 6.07) is 8.34. The van der Waals surface area contributed by atoms with E-state index in [0.29, 0.717) is 24.2 Å². The van der Waals surface area contributed by atoms with Gasteiger partial charge in [0.05, 0.1) is 11.0 Å². The number of hydrogen-bond acceptors (Lipinski definition) is 2.